The van der Waals surface area contributed by atoms with Gasteiger partial charge in [0, 0.05) is 24.3 Å². The van der Waals surface area contributed by atoms with E-state index in [2.05, 4.69) is 16.9 Å². The normalized spacial score (nSPS) is 20.4. The maximum Gasteiger partial charge on any atom is 0.496 e. The first-order chi connectivity index (χ1) is 8.80. The van der Waals surface area contributed by atoms with Gasteiger partial charge in [0.15, 0.2) is 0 Å². The van der Waals surface area contributed by atoms with Gasteiger partial charge in [0.25, 0.3) is 0 Å². The van der Waals surface area contributed by atoms with E-state index in [-0.39, 0.29) is 18.3 Å². The summed E-state index contributed by atoms with van der Waals surface area (Å²) in [5.41, 5.74) is 1.17. The van der Waals surface area contributed by atoms with Crippen LogP contribution in [0.4, 0.5) is 5.82 Å². The van der Waals surface area contributed by atoms with Crippen LogP contribution in [-0.2, 0) is 9.31 Å². The Morgan fingerprint density at radius 1 is 1.26 bits per heavy atom. The van der Waals surface area contributed by atoms with E-state index in [0.29, 0.717) is 0 Å². The molecule has 0 amide bonds. The monoisotopic (exact) mass is 260 g/mol. The largest absolute Gasteiger partial charge is 0.496 e. The number of pyridine rings is 1. The Hall–Kier alpha value is -1.33. The van der Waals surface area contributed by atoms with E-state index in [1.54, 1.807) is 12.3 Å². The number of anilines is 1. The SMILES string of the molecule is C=Cc1cc(B2OC(C)(C)C(C)(C)O2)cnc1NC. The van der Waals surface area contributed by atoms with Gasteiger partial charge in [-0.05, 0) is 33.8 Å². The van der Waals surface area contributed by atoms with Crippen LogP contribution in [0.5, 0.6) is 0 Å². The molecule has 0 aromatic carbocycles. The minimum Gasteiger partial charge on any atom is -0.399 e. The average molecular weight is 260 g/mol. The van der Waals surface area contributed by atoms with Crippen LogP contribution in [0, 0.1) is 0 Å². The lowest BCUT2D eigenvalue weighted by Gasteiger charge is -2.32. The summed E-state index contributed by atoms with van der Waals surface area (Å²) >= 11 is 0. The molecule has 0 atom stereocenters. The molecule has 2 rings (SSSR count). The Kier molecular flexibility index (Phi) is 3.45. The van der Waals surface area contributed by atoms with E-state index in [1.807, 2.05) is 40.8 Å². The lowest BCUT2D eigenvalue weighted by molar-refractivity contribution is 0.00578. The summed E-state index contributed by atoms with van der Waals surface area (Å²) in [6.07, 6.45) is 3.55. The number of aromatic nitrogens is 1. The van der Waals surface area contributed by atoms with Crippen LogP contribution in [-0.4, -0.2) is 30.4 Å². The zero-order valence-electron chi connectivity index (χ0n) is 12.3. The van der Waals surface area contributed by atoms with Crippen LogP contribution in [0.1, 0.15) is 33.3 Å². The Labute approximate surface area is 115 Å². The van der Waals surface area contributed by atoms with Crippen molar-refractivity contribution in [3.8, 4) is 0 Å². The maximum absolute atomic E-state index is 6.01. The quantitative estimate of drug-likeness (QED) is 0.845. The second-order valence-electron chi connectivity index (χ2n) is 5.75. The molecule has 1 aromatic rings. The summed E-state index contributed by atoms with van der Waals surface area (Å²) in [7, 11) is 1.45. The van der Waals surface area contributed by atoms with Crippen LogP contribution in [0.25, 0.3) is 6.08 Å². The van der Waals surface area contributed by atoms with Crippen molar-refractivity contribution in [1.29, 1.82) is 0 Å². The first-order valence-corrected chi connectivity index (χ1v) is 6.46. The molecule has 1 aliphatic heterocycles. The third kappa shape index (κ3) is 2.40. The standard InChI is InChI=1S/C14H21BN2O2/c1-7-10-8-11(9-17-12(10)16-6)15-18-13(2,3)14(4,5)19-15/h7-9H,1H2,2-6H3,(H,16,17). The minimum atomic E-state index is -0.387. The fourth-order valence-corrected chi connectivity index (χ4v) is 1.97. The van der Waals surface area contributed by atoms with Gasteiger partial charge < -0.3 is 14.6 Å². The molecule has 0 radical (unpaired) electrons. The van der Waals surface area contributed by atoms with Crippen LogP contribution >= 0.6 is 0 Å². The van der Waals surface area contributed by atoms with Crippen molar-refractivity contribution < 1.29 is 9.31 Å². The molecule has 0 saturated carbocycles. The first-order valence-electron chi connectivity index (χ1n) is 6.46. The number of rotatable bonds is 3. The molecule has 1 aliphatic rings. The summed E-state index contributed by atoms with van der Waals surface area (Å²) in [5.74, 6) is 0.801. The van der Waals surface area contributed by atoms with E-state index < -0.39 is 0 Å². The Morgan fingerprint density at radius 2 is 1.84 bits per heavy atom. The molecule has 0 bridgehead atoms. The van der Waals surface area contributed by atoms with E-state index in [9.17, 15) is 0 Å². The highest BCUT2D eigenvalue weighted by molar-refractivity contribution is 6.62. The van der Waals surface area contributed by atoms with Crippen molar-refractivity contribution in [2.45, 2.75) is 38.9 Å². The third-order valence-corrected chi connectivity index (χ3v) is 3.92. The van der Waals surface area contributed by atoms with Crippen molar-refractivity contribution in [2.24, 2.45) is 0 Å². The molecule has 2 heterocycles. The highest BCUT2D eigenvalue weighted by atomic mass is 16.7. The van der Waals surface area contributed by atoms with E-state index >= 15 is 0 Å². The van der Waals surface area contributed by atoms with Crippen molar-refractivity contribution in [1.82, 2.24) is 4.98 Å². The van der Waals surface area contributed by atoms with Gasteiger partial charge in [0.1, 0.15) is 5.82 Å². The maximum atomic E-state index is 6.01. The predicted molar refractivity (Wildman–Crippen MR) is 79.6 cm³/mol. The molecule has 4 nitrogen and oxygen atoms in total. The van der Waals surface area contributed by atoms with E-state index in [4.69, 9.17) is 9.31 Å². The molecule has 1 fully saturated rings. The fraction of sp³-hybridized carbons (Fsp3) is 0.500. The molecular weight excluding hydrogens is 239 g/mol. The predicted octanol–water partition coefficient (Wildman–Crippen LogP) is 2.07. The second-order valence-corrected chi connectivity index (χ2v) is 5.75. The molecule has 1 saturated heterocycles. The number of nitrogens with zero attached hydrogens (tertiary/aromatic N) is 1. The van der Waals surface area contributed by atoms with Crippen molar-refractivity contribution in [2.75, 3.05) is 12.4 Å². The van der Waals surface area contributed by atoms with Crippen LogP contribution < -0.4 is 10.8 Å². The van der Waals surface area contributed by atoms with E-state index in [0.717, 1.165) is 16.8 Å². The highest BCUT2D eigenvalue weighted by Gasteiger charge is 2.51. The highest BCUT2D eigenvalue weighted by Crippen LogP contribution is 2.36. The third-order valence-electron chi connectivity index (χ3n) is 3.92. The summed E-state index contributed by atoms with van der Waals surface area (Å²) in [4.78, 5) is 4.37. The van der Waals surface area contributed by atoms with Gasteiger partial charge in [-0.1, -0.05) is 12.7 Å². The Bertz CT molecular complexity index is 484. The number of hydrogen-bond acceptors (Lipinski definition) is 4. The Balaban J connectivity index is 2.32. The zero-order chi connectivity index (χ0) is 14.3. The summed E-state index contributed by atoms with van der Waals surface area (Å²) in [5, 5.41) is 3.03. The van der Waals surface area contributed by atoms with Crippen molar-refractivity contribution in [3.63, 3.8) is 0 Å². The van der Waals surface area contributed by atoms with Gasteiger partial charge in [0.05, 0.1) is 11.2 Å². The minimum absolute atomic E-state index is 0.340. The average Bonchev–Trinajstić information content (AvgIpc) is 2.57. The van der Waals surface area contributed by atoms with Gasteiger partial charge in [0.2, 0.25) is 0 Å². The van der Waals surface area contributed by atoms with Gasteiger partial charge in [-0.25, -0.2) is 4.98 Å². The summed E-state index contributed by atoms with van der Waals surface area (Å²) < 4.78 is 12.0. The summed E-state index contributed by atoms with van der Waals surface area (Å²) in [6.45, 7) is 12.0. The second kappa shape index (κ2) is 4.65. The van der Waals surface area contributed by atoms with Crippen molar-refractivity contribution >= 4 is 24.5 Å². The molecule has 19 heavy (non-hydrogen) atoms. The van der Waals surface area contributed by atoms with Gasteiger partial charge in [-0.3, -0.25) is 0 Å². The van der Waals surface area contributed by atoms with Crippen LogP contribution in [0.15, 0.2) is 18.8 Å². The number of hydrogen-bond donors (Lipinski definition) is 1. The molecule has 1 aromatic heterocycles. The van der Waals surface area contributed by atoms with Gasteiger partial charge in [-0.15, -0.1) is 0 Å². The molecule has 0 spiro atoms. The Morgan fingerprint density at radius 3 is 2.32 bits per heavy atom. The van der Waals surface area contributed by atoms with Crippen molar-refractivity contribution in [3.05, 3.63) is 24.4 Å². The topological polar surface area (TPSA) is 43.4 Å². The zero-order valence-corrected chi connectivity index (χ0v) is 12.3. The molecule has 0 aliphatic carbocycles. The molecule has 5 heteroatoms. The molecular formula is C14H21BN2O2. The smallest absolute Gasteiger partial charge is 0.399 e. The first kappa shape index (κ1) is 14.1. The molecule has 0 unspecified atom stereocenters. The number of nitrogens with one attached hydrogen (secondary N) is 1. The lowest BCUT2D eigenvalue weighted by Crippen LogP contribution is -2.41. The molecule has 102 valence electrons. The van der Waals surface area contributed by atoms with E-state index in [1.165, 1.54) is 0 Å². The van der Waals surface area contributed by atoms with Crippen LogP contribution in [0.2, 0.25) is 0 Å². The van der Waals surface area contributed by atoms with Gasteiger partial charge in [-0.2, -0.15) is 0 Å². The van der Waals surface area contributed by atoms with Crippen LogP contribution in [0.3, 0.4) is 0 Å². The molecule has 1 N–H and O–H groups in total. The van der Waals surface area contributed by atoms with Gasteiger partial charge >= 0.3 is 7.12 Å². The summed E-state index contributed by atoms with van der Waals surface area (Å²) in [6, 6.07) is 1.99. The lowest BCUT2D eigenvalue weighted by atomic mass is 9.79. The fourth-order valence-electron chi connectivity index (χ4n) is 1.97.